The van der Waals surface area contributed by atoms with Crippen LogP contribution in [0, 0.1) is 11.8 Å². The summed E-state index contributed by atoms with van der Waals surface area (Å²) in [5, 5.41) is 20.5. The lowest BCUT2D eigenvalue weighted by molar-refractivity contribution is -0.120. The van der Waals surface area contributed by atoms with E-state index < -0.39 is 53.9 Å². The smallest absolute Gasteiger partial charge is 0.405 e. The number of aliphatic hydroxyl groups is 1. The molecule has 0 saturated carbocycles. The van der Waals surface area contributed by atoms with Crippen molar-refractivity contribution >= 4 is 23.6 Å². The van der Waals surface area contributed by atoms with Gasteiger partial charge in [0.15, 0.2) is 6.10 Å². The number of carbonyl (C=O) groups is 4. The number of carbonyl (C=O) groups excluding carboxylic acids is 4. The van der Waals surface area contributed by atoms with Gasteiger partial charge in [0.25, 0.3) is 5.91 Å². The van der Waals surface area contributed by atoms with E-state index in [2.05, 4.69) is 20.9 Å². The van der Waals surface area contributed by atoms with E-state index in [0.717, 1.165) is 32.3 Å². The van der Waals surface area contributed by atoms with Gasteiger partial charge >= 0.3 is 6.09 Å². The van der Waals surface area contributed by atoms with E-state index in [0.29, 0.717) is 25.1 Å². The number of rotatable bonds is 7. The summed E-state index contributed by atoms with van der Waals surface area (Å²) in [4.78, 5) is 54.5. The maximum absolute atomic E-state index is 13.9. The molecule has 3 aliphatic rings. The fourth-order valence-corrected chi connectivity index (χ4v) is 6.05. The molecule has 0 aromatic rings. The maximum atomic E-state index is 13.9. The van der Waals surface area contributed by atoms with E-state index in [1.807, 2.05) is 13.8 Å². The minimum absolute atomic E-state index is 0.106. The lowest BCUT2D eigenvalue weighted by atomic mass is 9.85. The summed E-state index contributed by atoms with van der Waals surface area (Å²) < 4.78 is 16.7. The predicted octanol–water partition coefficient (Wildman–Crippen LogP) is 1.26. The van der Waals surface area contributed by atoms with Crippen molar-refractivity contribution in [3.05, 3.63) is 58.5 Å². The average Bonchev–Trinajstić information content (AvgIpc) is 3.04. The number of nitrogens with two attached hydrogens (primary N) is 1. The zero-order chi connectivity index (χ0) is 34.7. The Morgan fingerprint density at radius 2 is 1.83 bits per heavy atom. The summed E-state index contributed by atoms with van der Waals surface area (Å²) in [6, 6.07) is 0. The molecule has 2 aliphatic heterocycles. The molecule has 1 saturated heterocycles. The lowest BCUT2D eigenvalue weighted by Crippen LogP contribution is -2.46. The first kappa shape index (κ1) is 37.8. The number of amides is 2. The third-order valence-electron chi connectivity index (χ3n) is 8.73. The molecule has 0 radical (unpaired) electrons. The van der Waals surface area contributed by atoms with Crippen molar-refractivity contribution < 1.29 is 38.5 Å². The van der Waals surface area contributed by atoms with Gasteiger partial charge < -0.3 is 41.0 Å². The minimum atomic E-state index is -0.995. The van der Waals surface area contributed by atoms with Crippen molar-refractivity contribution in [2.45, 2.75) is 65.0 Å². The standard InChI is InChI=1S/C34H51N5O8/c1-20-16-24-29(37-12-15-39-13-10-36-11-14-39)26(40)19-25(31(24)42)38-33(43)21(2)8-7-9-27(45-5)32(47-34(35)44)23(4)18-22(3)30(41)28(17-20)46-6/h7-9,18-20,22,27-28,30,32,36-37,41H,10-17H2,1-6H3,(H2,35,44)(H,38,43)/b9-7+,21-8-,23-18+/t20-,22+,27+,28+,30-,32+/m1/s1. The van der Waals surface area contributed by atoms with Gasteiger partial charge in [0, 0.05) is 76.6 Å². The second kappa shape index (κ2) is 18.1. The fraction of sp³-hybridized carbons (Fsp3) is 0.588. The number of methoxy groups -OCH3 is 2. The lowest BCUT2D eigenvalue weighted by Gasteiger charge is -2.30. The SMILES string of the molecule is CO[C@H]1/C=C/C=C(/C)C(=O)NC2=CC(=O)C(NCCN3CCNCC3)=C(C[C@@H](C)C[C@H](OC)[C@H](O)[C@@H](C)/C=C(\C)[C@@H]1OC(N)=O)C2=O. The van der Waals surface area contributed by atoms with Gasteiger partial charge in [-0.2, -0.15) is 0 Å². The van der Waals surface area contributed by atoms with Gasteiger partial charge in [0.2, 0.25) is 11.6 Å². The molecular weight excluding hydrogens is 606 g/mol. The van der Waals surface area contributed by atoms with Crippen LogP contribution in [0.15, 0.2) is 58.5 Å². The highest BCUT2D eigenvalue weighted by Crippen LogP contribution is 2.29. The fourth-order valence-electron chi connectivity index (χ4n) is 6.05. The number of Topliss-reactive ketones (excluding diaryl/α,β-unsaturated/α-hetero) is 1. The molecule has 1 fully saturated rings. The van der Waals surface area contributed by atoms with Gasteiger partial charge in [-0.3, -0.25) is 19.3 Å². The molecule has 1 aliphatic carbocycles. The van der Waals surface area contributed by atoms with Crippen LogP contribution in [0.3, 0.4) is 0 Å². The van der Waals surface area contributed by atoms with Crippen molar-refractivity contribution in [2.75, 3.05) is 53.5 Å². The average molecular weight is 658 g/mol. The molecule has 47 heavy (non-hydrogen) atoms. The quantitative estimate of drug-likeness (QED) is 0.196. The summed E-state index contributed by atoms with van der Waals surface area (Å²) in [6.45, 7) is 11.8. The number of fused-ring (bicyclic) bond motifs is 2. The highest BCUT2D eigenvalue weighted by atomic mass is 16.6. The number of ether oxygens (including phenoxy) is 3. The van der Waals surface area contributed by atoms with Gasteiger partial charge in [-0.25, -0.2) is 4.79 Å². The summed E-state index contributed by atoms with van der Waals surface area (Å²) in [5.41, 5.74) is 6.63. The Balaban J connectivity index is 2.00. The molecule has 13 heteroatoms. The second-order valence-corrected chi connectivity index (χ2v) is 12.4. The molecular formula is C34H51N5O8. The van der Waals surface area contributed by atoms with Crippen LogP contribution < -0.4 is 21.7 Å². The Kier molecular flexibility index (Phi) is 14.5. The Labute approximate surface area is 277 Å². The number of nitrogens with one attached hydrogen (secondary N) is 3. The summed E-state index contributed by atoms with van der Waals surface area (Å²) in [7, 11) is 2.95. The largest absolute Gasteiger partial charge is 0.439 e. The highest BCUT2D eigenvalue weighted by Gasteiger charge is 2.33. The van der Waals surface area contributed by atoms with Gasteiger partial charge in [-0.15, -0.1) is 0 Å². The predicted molar refractivity (Wildman–Crippen MR) is 177 cm³/mol. The van der Waals surface area contributed by atoms with Crippen molar-refractivity contribution in [1.82, 2.24) is 20.9 Å². The van der Waals surface area contributed by atoms with Crippen molar-refractivity contribution in [3.63, 3.8) is 0 Å². The number of allylic oxidation sites excluding steroid dienone is 4. The van der Waals surface area contributed by atoms with E-state index in [1.54, 1.807) is 32.1 Å². The van der Waals surface area contributed by atoms with E-state index >= 15 is 0 Å². The van der Waals surface area contributed by atoms with Crippen LogP contribution >= 0.6 is 0 Å². The van der Waals surface area contributed by atoms with Gasteiger partial charge in [-0.1, -0.05) is 38.2 Å². The van der Waals surface area contributed by atoms with Crippen molar-refractivity contribution in [3.8, 4) is 0 Å². The Morgan fingerprint density at radius 3 is 2.47 bits per heavy atom. The van der Waals surface area contributed by atoms with E-state index in [1.165, 1.54) is 20.3 Å². The molecule has 2 amide bonds. The van der Waals surface area contributed by atoms with Gasteiger partial charge in [0.05, 0.1) is 23.6 Å². The Hall–Kier alpha value is -3.62. The van der Waals surface area contributed by atoms with Gasteiger partial charge in [0.1, 0.15) is 6.10 Å². The van der Waals surface area contributed by atoms with Crippen molar-refractivity contribution in [2.24, 2.45) is 17.6 Å². The van der Waals surface area contributed by atoms with Crippen LogP contribution in [0.4, 0.5) is 4.79 Å². The number of primary amides is 1. The molecule has 0 unspecified atom stereocenters. The van der Waals surface area contributed by atoms with Crippen molar-refractivity contribution in [1.29, 1.82) is 0 Å². The maximum Gasteiger partial charge on any atom is 0.405 e. The van der Waals surface area contributed by atoms with E-state index in [9.17, 15) is 24.3 Å². The number of nitrogens with zero attached hydrogens (tertiary/aromatic N) is 1. The van der Waals surface area contributed by atoms with Gasteiger partial charge in [-0.05, 0) is 38.2 Å². The third kappa shape index (κ3) is 10.7. The number of ketones is 2. The van der Waals surface area contributed by atoms with Crippen LogP contribution in [0.2, 0.25) is 0 Å². The van der Waals surface area contributed by atoms with Crippen LogP contribution in [0.1, 0.15) is 40.5 Å². The molecule has 2 heterocycles. The summed E-state index contributed by atoms with van der Waals surface area (Å²) in [5.74, 6) is -2.03. The number of hydrogen-bond donors (Lipinski definition) is 5. The Bertz CT molecular complexity index is 1310. The van der Waals surface area contributed by atoms with Crippen LogP contribution in [0.5, 0.6) is 0 Å². The summed E-state index contributed by atoms with van der Waals surface area (Å²) >= 11 is 0. The number of hydrogen-bond acceptors (Lipinski definition) is 11. The molecule has 0 spiro atoms. The first-order valence-electron chi connectivity index (χ1n) is 16.1. The van der Waals surface area contributed by atoms with Crippen LogP contribution in [-0.2, 0) is 28.6 Å². The van der Waals surface area contributed by atoms with Crippen LogP contribution in [0.25, 0.3) is 0 Å². The molecule has 2 bridgehead atoms. The monoisotopic (exact) mass is 657 g/mol. The molecule has 6 N–H and O–H groups in total. The molecule has 3 rings (SSSR count). The zero-order valence-electron chi connectivity index (χ0n) is 28.3. The summed E-state index contributed by atoms with van der Waals surface area (Å²) in [6.07, 6.45) is 3.94. The first-order chi connectivity index (χ1) is 22.4. The Morgan fingerprint density at radius 1 is 1.13 bits per heavy atom. The number of piperazine rings is 1. The molecule has 13 nitrogen and oxygen atoms in total. The third-order valence-corrected chi connectivity index (χ3v) is 8.73. The molecule has 260 valence electrons. The topological polar surface area (TPSA) is 182 Å². The number of aliphatic hydroxyl groups excluding tert-OH is 1. The second-order valence-electron chi connectivity index (χ2n) is 12.4. The van der Waals surface area contributed by atoms with E-state index in [-0.39, 0.29) is 34.9 Å². The minimum Gasteiger partial charge on any atom is -0.439 e. The normalized spacial score (nSPS) is 32.0. The highest BCUT2D eigenvalue weighted by molar-refractivity contribution is 6.23. The van der Waals surface area contributed by atoms with Crippen LogP contribution in [-0.4, -0.2) is 111 Å². The molecule has 6 atom stereocenters. The molecule has 0 aromatic heterocycles. The molecule has 0 aromatic carbocycles. The first-order valence-corrected chi connectivity index (χ1v) is 16.1. The van der Waals surface area contributed by atoms with E-state index in [4.69, 9.17) is 19.9 Å². The zero-order valence-corrected chi connectivity index (χ0v) is 28.3.